The molecule has 2 bridgehead atoms. The predicted molar refractivity (Wildman–Crippen MR) is 117 cm³/mol. The van der Waals surface area contributed by atoms with Crippen LogP contribution in [0.1, 0.15) is 46.5 Å². The van der Waals surface area contributed by atoms with Gasteiger partial charge in [-0.3, -0.25) is 9.69 Å². The first-order chi connectivity index (χ1) is 14.9. The van der Waals surface area contributed by atoms with Crippen LogP contribution in [-0.2, 0) is 14.3 Å². The van der Waals surface area contributed by atoms with Gasteiger partial charge in [-0.1, -0.05) is 13.8 Å². The van der Waals surface area contributed by atoms with E-state index in [1.54, 1.807) is 0 Å². The van der Waals surface area contributed by atoms with Gasteiger partial charge in [0.15, 0.2) is 5.78 Å². The summed E-state index contributed by atoms with van der Waals surface area (Å²) >= 11 is 0. The van der Waals surface area contributed by atoms with Gasteiger partial charge in [-0.15, -0.1) is 0 Å². The van der Waals surface area contributed by atoms with Crippen molar-refractivity contribution in [2.24, 2.45) is 23.2 Å². The summed E-state index contributed by atoms with van der Waals surface area (Å²) in [5, 5.41) is 13.5. The minimum atomic E-state index is -0.449. The van der Waals surface area contributed by atoms with E-state index in [1.165, 1.54) is 7.11 Å². The summed E-state index contributed by atoms with van der Waals surface area (Å²) in [4.78, 5) is 29.8. The molecular formula is C25H34N2O4. The van der Waals surface area contributed by atoms with E-state index in [0.29, 0.717) is 29.5 Å². The molecule has 6 nitrogen and oxygen atoms in total. The molecule has 0 spiro atoms. The van der Waals surface area contributed by atoms with Gasteiger partial charge >= 0.3 is 5.97 Å². The van der Waals surface area contributed by atoms with Crippen LogP contribution < -0.4 is 5.32 Å². The van der Waals surface area contributed by atoms with Crippen molar-refractivity contribution >= 4 is 11.8 Å². The number of allylic oxidation sites excluding steroid dienone is 2. The zero-order chi connectivity index (χ0) is 22.1. The number of ketones is 1. The van der Waals surface area contributed by atoms with Gasteiger partial charge in [-0.05, 0) is 55.6 Å². The first-order valence-corrected chi connectivity index (χ1v) is 11.8. The van der Waals surface area contributed by atoms with Crippen molar-refractivity contribution < 1.29 is 19.4 Å². The van der Waals surface area contributed by atoms with Crippen LogP contribution in [0.25, 0.3) is 0 Å². The number of carbonyl (C=O) groups is 2. The Kier molecular flexibility index (Phi) is 4.94. The van der Waals surface area contributed by atoms with Gasteiger partial charge in [0.2, 0.25) is 0 Å². The van der Waals surface area contributed by atoms with E-state index in [9.17, 15) is 14.7 Å². The van der Waals surface area contributed by atoms with Crippen LogP contribution in [-0.4, -0.2) is 61.2 Å². The SMILES string of the molecule is CCNC1=C2C(CCO)=C(C(=O)OC)C3=C2[C@]2(C)[C@H](CC1)CN1C[C@@H](C)[C@@H](C[C@@H]12)C3=O. The Morgan fingerprint density at radius 3 is 2.77 bits per heavy atom. The van der Waals surface area contributed by atoms with Crippen LogP contribution in [0.2, 0.25) is 0 Å². The fourth-order valence-electron chi connectivity index (χ4n) is 7.45. The molecule has 6 heteroatoms. The maximum atomic E-state index is 14.1. The van der Waals surface area contributed by atoms with Crippen molar-refractivity contribution in [3.05, 3.63) is 33.6 Å². The highest BCUT2D eigenvalue weighted by atomic mass is 16.5. The predicted octanol–water partition coefficient (Wildman–Crippen LogP) is 2.35. The first kappa shape index (κ1) is 21.0. The zero-order valence-corrected chi connectivity index (χ0v) is 19.1. The summed E-state index contributed by atoms with van der Waals surface area (Å²) in [5.41, 5.74) is 4.88. The number of piperidine rings is 1. The fraction of sp³-hybridized carbons (Fsp3) is 0.680. The number of aliphatic hydroxyl groups is 1. The molecule has 0 radical (unpaired) electrons. The summed E-state index contributed by atoms with van der Waals surface area (Å²) in [6.07, 6.45) is 3.19. The molecule has 0 aromatic rings. The van der Waals surface area contributed by atoms with Crippen molar-refractivity contribution in [2.45, 2.75) is 52.5 Å². The molecule has 2 fully saturated rings. The maximum Gasteiger partial charge on any atom is 0.338 e. The van der Waals surface area contributed by atoms with Crippen molar-refractivity contribution in [1.82, 2.24) is 10.2 Å². The number of esters is 1. The monoisotopic (exact) mass is 426 g/mol. The Morgan fingerprint density at radius 1 is 1.32 bits per heavy atom. The maximum absolute atomic E-state index is 14.1. The quantitative estimate of drug-likeness (QED) is 0.657. The van der Waals surface area contributed by atoms with Gasteiger partial charge in [-0.25, -0.2) is 4.79 Å². The van der Waals surface area contributed by atoms with Crippen molar-refractivity contribution in [3.63, 3.8) is 0 Å². The number of carbonyl (C=O) groups excluding carboxylic acids is 2. The first-order valence-electron chi connectivity index (χ1n) is 11.8. The number of rotatable bonds is 5. The highest BCUT2D eigenvalue weighted by Crippen LogP contribution is 2.63. The minimum Gasteiger partial charge on any atom is -0.465 e. The number of nitrogens with zero attached hydrogens (tertiary/aromatic N) is 1. The highest BCUT2D eigenvalue weighted by Gasteiger charge is 2.62. The lowest BCUT2D eigenvalue weighted by Crippen LogP contribution is -2.48. The normalized spacial score (nSPS) is 36.7. The Hall–Kier alpha value is -1.92. The number of hydrogen-bond acceptors (Lipinski definition) is 6. The van der Waals surface area contributed by atoms with Crippen molar-refractivity contribution in [1.29, 1.82) is 0 Å². The lowest BCUT2D eigenvalue weighted by Gasteiger charge is -2.43. The molecule has 168 valence electrons. The van der Waals surface area contributed by atoms with Gasteiger partial charge in [-0.2, -0.15) is 0 Å². The molecule has 0 saturated carbocycles. The van der Waals surface area contributed by atoms with Crippen molar-refractivity contribution in [3.8, 4) is 0 Å². The number of aliphatic hydroxyl groups excluding tert-OH is 1. The minimum absolute atomic E-state index is 0.0665. The second-order valence-electron chi connectivity index (χ2n) is 10.1. The molecule has 0 aromatic heterocycles. The second kappa shape index (κ2) is 7.31. The second-order valence-corrected chi connectivity index (χ2v) is 10.1. The summed E-state index contributed by atoms with van der Waals surface area (Å²) < 4.78 is 5.21. The molecule has 5 aliphatic rings. The highest BCUT2D eigenvalue weighted by molar-refractivity contribution is 6.15. The number of ether oxygens (including phenoxy) is 1. The molecule has 3 aliphatic carbocycles. The van der Waals surface area contributed by atoms with E-state index in [2.05, 4.69) is 31.0 Å². The molecule has 31 heavy (non-hydrogen) atoms. The number of methoxy groups -OCH3 is 1. The van der Waals surface area contributed by atoms with Gasteiger partial charge < -0.3 is 15.2 Å². The summed E-state index contributed by atoms with van der Waals surface area (Å²) in [6.45, 7) is 9.33. The lowest BCUT2D eigenvalue weighted by molar-refractivity contribution is -0.136. The van der Waals surface area contributed by atoms with E-state index in [4.69, 9.17) is 4.74 Å². The lowest BCUT2D eigenvalue weighted by atomic mass is 9.65. The van der Waals surface area contributed by atoms with E-state index in [0.717, 1.165) is 61.3 Å². The van der Waals surface area contributed by atoms with Gasteiger partial charge in [0, 0.05) is 60.5 Å². The van der Waals surface area contributed by atoms with E-state index < -0.39 is 5.97 Å². The Balaban J connectivity index is 1.86. The largest absolute Gasteiger partial charge is 0.465 e. The molecule has 0 aromatic carbocycles. The van der Waals surface area contributed by atoms with Crippen LogP contribution in [0.5, 0.6) is 0 Å². The Bertz CT molecular complexity index is 945. The molecule has 5 atom stereocenters. The molecule has 5 rings (SSSR count). The summed E-state index contributed by atoms with van der Waals surface area (Å²) in [5.74, 6) is 0.303. The number of Topliss-reactive ketones (excluding diaryl/α,β-unsaturated/α-hetero) is 1. The molecule has 2 heterocycles. The van der Waals surface area contributed by atoms with Crippen LogP contribution in [0, 0.1) is 23.2 Å². The molecule has 0 unspecified atom stereocenters. The van der Waals surface area contributed by atoms with E-state index in [1.807, 2.05) is 0 Å². The summed E-state index contributed by atoms with van der Waals surface area (Å²) in [6, 6.07) is 0.318. The standard InChI is InChI=1S/C25H34N2O4/c1-5-26-17-7-6-14-12-27-11-13(2)16-10-18(27)25(14,3)22-19(17)15(8-9-28)20(24(30)31-4)21(22)23(16)29/h13-14,16,18,26,28H,5-12H2,1-4H3/t13-,14-,16-,18-,25-/m1/s1. The Labute approximate surface area is 184 Å². The van der Waals surface area contributed by atoms with E-state index >= 15 is 0 Å². The van der Waals surface area contributed by atoms with Crippen LogP contribution in [0.3, 0.4) is 0 Å². The fourth-order valence-corrected chi connectivity index (χ4v) is 7.45. The average molecular weight is 427 g/mol. The Morgan fingerprint density at radius 2 is 2.10 bits per heavy atom. The number of nitrogens with one attached hydrogen (secondary N) is 1. The van der Waals surface area contributed by atoms with E-state index in [-0.39, 0.29) is 29.6 Å². The molecule has 2 N–H and O–H groups in total. The third-order valence-electron chi connectivity index (χ3n) is 8.78. The molecule has 0 amide bonds. The van der Waals surface area contributed by atoms with Crippen LogP contribution in [0.4, 0.5) is 0 Å². The van der Waals surface area contributed by atoms with Gasteiger partial charge in [0.05, 0.1) is 12.7 Å². The summed E-state index contributed by atoms with van der Waals surface area (Å²) in [7, 11) is 1.38. The smallest absolute Gasteiger partial charge is 0.338 e. The van der Waals surface area contributed by atoms with Crippen molar-refractivity contribution in [2.75, 3.05) is 33.4 Å². The van der Waals surface area contributed by atoms with Gasteiger partial charge in [0.1, 0.15) is 0 Å². The van der Waals surface area contributed by atoms with Crippen LogP contribution in [0.15, 0.2) is 33.6 Å². The number of hydrogen-bond donors (Lipinski definition) is 2. The van der Waals surface area contributed by atoms with Crippen LogP contribution >= 0.6 is 0 Å². The third kappa shape index (κ3) is 2.64. The van der Waals surface area contributed by atoms with Gasteiger partial charge in [0.25, 0.3) is 0 Å². The molecule has 2 aliphatic heterocycles. The average Bonchev–Trinajstić information content (AvgIpc) is 3.16. The zero-order valence-electron chi connectivity index (χ0n) is 19.1. The topological polar surface area (TPSA) is 78.9 Å². The molecular weight excluding hydrogens is 392 g/mol. The number of fused-ring (bicyclic) bond motifs is 1. The third-order valence-corrected chi connectivity index (χ3v) is 8.78. The molecule has 2 saturated heterocycles.